The molecule has 0 aromatic heterocycles. The van der Waals surface area contributed by atoms with E-state index in [1.165, 1.54) is 12.1 Å². The summed E-state index contributed by atoms with van der Waals surface area (Å²) in [5.41, 5.74) is 0.223. The molecule has 1 aliphatic heterocycles. The van der Waals surface area contributed by atoms with Crippen molar-refractivity contribution in [2.45, 2.75) is 18.8 Å². The Labute approximate surface area is 116 Å². The molecule has 1 aliphatic rings. The zero-order chi connectivity index (χ0) is 14.6. The van der Waals surface area contributed by atoms with Crippen LogP contribution >= 0.6 is 0 Å². The second-order valence-electron chi connectivity index (χ2n) is 5.08. The molecule has 112 valence electrons. The van der Waals surface area contributed by atoms with Crippen LogP contribution in [0.25, 0.3) is 0 Å². The topological polar surface area (TPSA) is 24.5 Å². The van der Waals surface area contributed by atoms with Crippen molar-refractivity contribution in [1.29, 1.82) is 0 Å². The van der Waals surface area contributed by atoms with Crippen LogP contribution in [0.3, 0.4) is 0 Å². The van der Waals surface area contributed by atoms with Crippen LogP contribution in [0.4, 0.5) is 13.2 Å². The summed E-state index contributed by atoms with van der Waals surface area (Å²) in [5.74, 6) is 0. The molecule has 0 saturated carbocycles. The van der Waals surface area contributed by atoms with Crippen molar-refractivity contribution in [3.8, 4) is 0 Å². The van der Waals surface area contributed by atoms with Gasteiger partial charge in [-0.3, -0.25) is 0 Å². The molecule has 1 aromatic carbocycles. The normalized spacial score (nSPS) is 21.1. The third kappa shape index (κ3) is 4.47. The van der Waals surface area contributed by atoms with Crippen LogP contribution in [0, 0.1) is 0 Å². The van der Waals surface area contributed by atoms with E-state index in [0.717, 1.165) is 37.4 Å². The molecule has 1 saturated heterocycles. The first-order chi connectivity index (χ1) is 9.45. The summed E-state index contributed by atoms with van der Waals surface area (Å²) in [7, 11) is 2.05. The van der Waals surface area contributed by atoms with Crippen LogP contribution in [0.1, 0.15) is 11.1 Å². The lowest BCUT2D eigenvalue weighted by Gasteiger charge is -2.30. The Bertz CT molecular complexity index is 419. The lowest BCUT2D eigenvalue weighted by Crippen LogP contribution is -2.44. The lowest BCUT2D eigenvalue weighted by atomic mass is 10.1. The molecule has 1 N–H and O–H groups in total. The number of ether oxygens (including phenoxy) is 1. The number of alkyl halides is 3. The molecule has 1 fully saturated rings. The van der Waals surface area contributed by atoms with E-state index in [2.05, 4.69) is 10.2 Å². The third-order valence-electron chi connectivity index (χ3n) is 3.32. The Balaban J connectivity index is 1.77. The van der Waals surface area contributed by atoms with Gasteiger partial charge in [-0.05, 0) is 24.7 Å². The second-order valence-corrected chi connectivity index (χ2v) is 5.08. The number of likely N-dealkylation sites (N-methyl/N-ethyl adjacent to an activating group) is 1. The maximum Gasteiger partial charge on any atom is 0.416 e. The molecule has 0 radical (unpaired) electrons. The number of nitrogens with one attached hydrogen (secondary N) is 1. The fourth-order valence-electron chi connectivity index (χ4n) is 2.18. The largest absolute Gasteiger partial charge is 0.416 e. The molecule has 20 heavy (non-hydrogen) atoms. The summed E-state index contributed by atoms with van der Waals surface area (Å²) < 4.78 is 42.8. The summed E-state index contributed by atoms with van der Waals surface area (Å²) in [5, 5.41) is 3.22. The van der Waals surface area contributed by atoms with Gasteiger partial charge in [-0.15, -0.1) is 0 Å². The fourth-order valence-corrected chi connectivity index (χ4v) is 2.18. The first kappa shape index (κ1) is 15.3. The Kier molecular flexibility index (Phi) is 5.01. The van der Waals surface area contributed by atoms with Crippen LogP contribution in [-0.2, 0) is 17.5 Å². The number of morpholine rings is 1. The lowest BCUT2D eigenvalue weighted by molar-refractivity contribution is -0.137. The molecule has 2 rings (SSSR count). The fraction of sp³-hybridized carbons (Fsp3) is 0.571. The SMILES string of the molecule is CN1CCO[C@H](CNCc2ccc(C(F)(F)F)cc2)C1. The summed E-state index contributed by atoms with van der Waals surface area (Å²) in [4.78, 5) is 2.20. The van der Waals surface area contributed by atoms with Gasteiger partial charge in [0.2, 0.25) is 0 Å². The average Bonchev–Trinajstić information content (AvgIpc) is 2.38. The van der Waals surface area contributed by atoms with Crippen molar-refractivity contribution in [2.75, 3.05) is 33.3 Å². The van der Waals surface area contributed by atoms with E-state index in [9.17, 15) is 13.2 Å². The highest BCUT2D eigenvalue weighted by Gasteiger charge is 2.29. The third-order valence-corrected chi connectivity index (χ3v) is 3.32. The molecule has 0 amide bonds. The van der Waals surface area contributed by atoms with Gasteiger partial charge in [0, 0.05) is 26.2 Å². The van der Waals surface area contributed by atoms with E-state index in [0.29, 0.717) is 13.1 Å². The van der Waals surface area contributed by atoms with Crippen molar-refractivity contribution in [3.05, 3.63) is 35.4 Å². The maximum atomic E-state index is 12.4. The van der Waals surface area contributed by atoms with Gasteiger partial charge in [-0.2, -0.15) is 13.2 Å². The van der Waals surface area contributed by atoms with Crippen LogP contribution in [0.15, 0.2) is 24.3 Å². The quantitative estimate of drug-likeness (QED) is 0.918. The minimum atomic E-state index is -4.27. The van der Waals surface area contributed by atoms with Crippen molar-refractivity contribution >= 4 is 0 Å². The van der Waals surface area contributed by atoms with Crippen LogP contribution in [0.2, 0.25) is 0 Å². The first-order valence-electron chi connectivity index (χ1n) is 6.62. The highest BCUT2D eigenvalue weighted by atomic mass is 19.4. The number of hydrogen-bond donors (Lipinski definition) is 1. The molecule has 6 heteroatoms. The predicted molar refractivity (Wildman–Crippen MR) is 70.4 cm³/mol. The van der Waals surface area contributed by atoms with E-state index in [4.69, 9.17) is 4.74 Å². The van der Waals surface area contributed by atoms with E-state index in [1.807, 2.05) is 7.05 Å². The molecule has 1 aromatic rings. The summed E-state index contributed by atoms with van der Waals surface area (Å²) in [6, 6.07) is 5.23. The minimum Gasteiger partial charge on any atom is -0.374 e. The summed E-state index contributed by atoms with van der Waals surface area (Å²) in [6.07, 6.45) is -4.13. The number of halogens is 3. The van der Waals surface area contributed by atoms with Gasteiger partial charge < -0.3 is 15.0 Å². The Hall–Kier alpha value is -1.11. The van der Waals surface area contributed by atoms with Crippen molar-refractivity contribution < 1.29 is 17.9 Å². The molecule has 0 bridgehead atoms. The number of hydrogen-bond acceptors (Lipinski definition) is 3. The molecular formula is C14H19F3N2O. The number of nitrogens with zero attached hydrogens (tertiary/aromatic N) is 1. The standard InChI is InChI=1S/C14H19F3N2O/c1-19-6-7-20-13(10-19)9-18-8-11-2-4-12(5-3-11)14(15,16)17/h2-5,13,18H,6-10H2,1H3/t13-/m1/s1. The van der Waals surface area contributed by atoms with Crippen molar-refractivity contribution in [3.63, 3.8) is 0 Å². The van der Waals surface area contributed by atoms with Crippen molar-refractivity contribution in [2.24, 2.45) is 0 Å². The number of rotatable bonds is 4. The van der Waals surface area contributed by atoms with Crippen LogP contribution < -0.4 is 5.32 Å². The van der Waals surface area contributed by atoms with Crippen LogP contribution in [0.5, 0.6) is 0 Å². The maximum absolute atomic E-state index is 12.4. The Morgan fingerprint density at radius 3 is 2.60 bits per heavy atom. The molecular weight excluding hydrogens is 269 g/mol. The molecule has 1 atom stereocenters. The zero-order valence-corrected chi connectivity index (χ0v) is 11.4. The Morgan fingerprint density at radius 1 is 1.30 bits per heavy atom. The smallest absolute Gasteiger partial charge is 0.374 e. The van der Waals surface area contributed by atoms with E-state index in [-0.39, 0.29) is 6.10 Å². The van der Waals surface area contributed by atoms with E-state index >= 15 is 0 Å². The first-order valence-corrected chi connectivity index (χ1v) is 6.62. The van der Waals surface area contributed by atoms with Crippen LogP contribution in [-0.4, -0.2) is 44.3 Å². The molecule has 3 nitrogen and oxygen atoms in total. The highest BCUT2D eigenvalue weighted by Crippen LogP contribution is 2.28. The van der Waals surface area contributed by atoms with Gasteiger partial charge in [-0.25, -0.2) is 0 Å². The van der Waals surface area contributed by atoms with Gasteiger partial charge in [-0.1, -0.05) is 12.1 Å². The van der Waals surface area contributed by atoms with E-state index < -0.39 is 11.7 Å². The van der Waals surface area contributed by atoms with Gasteiger partial charge in [0.05, 0.1) is 18.3 Å². The van der Waals surface area contributed by atoms with Gasteiger partial charge in [0.25, 0.3) is 0 Å². The zero-order valence-electron chi connectivity index (χ0n) is 11.4. The van der Waals surface area contributed by atoms with Gasteiger partial charge in [0.15, 0.2) is 0 Å². The van der Waals surface area contributed by atoms with Gasteiger partial charge in [0.1, 0.15) is 0 Å². The summed E-state index contributed by atoms with van der Waals surface area (Å²) >= 11 is 0. The Morgan fingerprint density at radius 2 is 2.00 bits per heavy atom. The molecule has 0 aliphatic carbocycles. The summed E-state index contributed by atoms with van der Waals surface area (Å²) in [6.45, 7) is 3.78. The minimum absolute atomic E-state index is 0.142. The molecule has 1 heterocycles. The molecule has 0 spiro atoms. The number of benzene rings is 1. The monoisotopic (exact) mass is 288 g/mol. The van der Waals surface area contributed by atoms with Crippen molar-refractivity contribution in [1.82, 2.24) is 10.2 Å². The van der Waals surface area contributed by atoms with E-state index in [1.54, 1.807) is 0 Å². The van der Waals surface area contributed by atoms with Gasteiger partial charge >= 0.3 is 6.18 Å². The predicted octanol–water partition coefficient (Wildman–Crippen LogP) is 2.13. The highest BCUT2D eigenvalue weighted by molar-refractivity contribution is 5.24. The second kappa shape index (κ2) is 6.56. The molecule has 0 unspecified atom stereocenters. The average molecular weight is 288 g/mol.